The lowest BCUT2D eigenvalue weighted by Gasteiger charge is -2.00. The number of phenols is 1. The van der Waals surface area contributed by atoms with Gasteiger partial charge in [0.05, 0.1) is 5.56 Å². The van der Waals surface area contributed by atoms with Gasteiger partial charge in [0.1, 0.15) is 5.75 Å². The molecule has 0 saturated heterocycles. The number of rotatable bonds is 2. The second-order valence-electron chi connectivity index (χ2n) is 4.58. The number of hydrogen-bond acceptors (Lipinski definition) is 2. The maximum absolute atomic E-state index is 10.2. The fraction of sp³-hybridized carbons (Fsp3) is 0.0500. The Labute approximate surface area is 136 Å². The zero-order valence-corrected chi connectivity index (χ0v) is 11.9. The van der Waals surface area contributed by atoms with Crippen LogP contribution in [-0.2, 0) is 0 Å². The molecule has 3 aromatic rings. The van der Waals surface area contributed by atoms with E-state index in [-0.39, 0.29) is 7.43 Å². The summed E-state index contributed by atoms with van der Waals surface area (Å²) in [4.78, 5) is 10.2. The van der Waals surface area contributed by atoms with Gasteiger partial charge in [-0.05, 0) is 35.4 Å². The minimum atomic E-state index is -0.879. The summed E-state index contributed by atoms with van der Waals surface area (Å²) in [6.45, 7) is 0. The number of carboxylic acid groups (broad SMARTS) is 1. The first-order valence-electron chi connectivity index (χ1n) is 6.79. The maximum atomic E-state index is 10.2. The third-order valence-electron chi connectivity index (χ3n) is 3.00. The summed E-state index contributed by atoms with van der Waals surface area (Å²) in [6.07, 6.45) is 0. The molecule has 118 valence electrons. The average molecular weight is 308 g/mol. The van der Waals surface area contributed by atoms with Gasteiger partial charge in [0.15, 0.2) is 0 Å². The molecule has 3 rings (SSSR count). The minimum absolute atomic E-state index is 0. The molecule has 0 amide bonds. The van der Waals surface area contributed by atoms with Crippen molar-refractivity contribution in [3.05, 3.63) is 90.5 Å². The second kappa shape index (κ2) is 9.05. The molecule has 3 nitrogen and oxygen atoms in total. The van der Waals surface area contributed by atoms with Crippen molar-refractivity contribution in [2.24, 2.45) is 0 Å². The molecule has 0 aliphatic heterocycles. The lowest BCUT2D eigenvalue weighted by Crippen LogP contribution is -1.93. The summed E-state index contributed by atoms with van der Waals surface area (Å²) in [5.41, 5.74) is 2.62. The van der Waals surface area contributed by atoms with Crippen molar-refractivity contribution in [3.63, 3.8) is 0 Å². The van der Waals surface area contributed by atoms with Gasteiger partial charge in [-0.25, -0.2) is 4.79 Å². The normalized spacial score (nSPS) is 9.04. The molecule has 0 aromatic heterocycles. The van der Waals surface area contributed by atoms with E-state index in [1.54, 1.807) is 42.5 Å². The van der Waals surface area contributed by atoms with Crippen LogP contribution in [0.3, 0.4) is 0 Å². The predicted molar refractivity (Wildman–Crippen MR) is 93.7 cm³/mol. The SMILES string of the molecule is C.O=C(O)c1ccccc1.Oc1ccc(-c2ccccc2)cc1. The highest BCUT2D eigenvalue weighted by Gasteiger charge is 1.96. The fourth-order valence-corrected chi connectivity index (χ4v) is 1.87. The highest BCUT2D eigenvalue weighted by atomic mass is 16.4. The molecule has 2 N–H and O–H groups in total. The molecular weight excluding hydrogens is 288 g/mol. The number of benzene rings is 3. The number of aromatic hydroxyl groups is 1. The summed E-state index contributed by atoms with van der Waals surface area (Å²) in [6, 6.07) is 25.6. The third kappa shape index (κ3) is 5.67. The molecule has 0 unspecified atom stereocenters. The Balaban J connectivity index is 0.000000235. The maximum Gasteiger partial charge on any atom is 0.335 e. The molecule has 0 radical (unpaired) electrons. The van der Waals surface area contributed by atoms with Gasteiger partial charge in [0, 0.05) is 0 Å². The third-order valence-corrected chi connectivity index (χ3v) is 3.00. The van der Waals surface area contributed by atoms with Gasteiger partial charge in [-0.2, -0.15) is 0 Å². The van der Waals surface area contributed by atoms with Crippen molar-refractivity contribution in [1.82, 2.24) is 0 Å². The van der Waals surface area contributed by atoms with E-state index in [1.807, 2.05) is 42.5 Å². The van der Waals surface area contributed by atoms with Crippen LogP contribution in [0.15, 0.2) is 84.9 Å². The number of hydrogen-bond donors (Lipinski definition) is 2. The van der Waals surface area contributed by atoms with Crippen LogP contribution >= 0.6 is 0 Å². The lowest BCUT2D eigenvalue weighted by atomic mass is 10.1. The molecule has 0 heterocycles. The van der Waals surface area contributed by atoms with E-state index in [2.05, 4.69) is 0 Å². The Hall–Kier alpha value is -3.07. The number of phenolic OH excluding ortho intramolecular Hbond substituents is 1. The van der Waals surface area contributed by atoms with Crippen LogP contribution in [-0.4, -0.2) is 16.2 Å². The van der Waals surface area contributed by atoms with E-state index in [4.69, 9.17) is 10.2 Å². The molecule has 0 spiro atoms. The summed E-state index contributed by atoms with van der Waals surface area (Å²) >= 11 is 0. The second-order valence-corrected chi connectivity index (χ2v) is 4.58. The molecule has 0 saturated carbocycles. The molecule has 3 heteroatoms. The predicted octanol–water partition coefficient (Wildman–Crippen LogP) is 5.08. The zero-order chi connectivity index (χ0) is 15.8. The van der Waals surface area contributed by atoms with Crippen LogP contribution < -0.4 is 0 Å². The highest BCUT2D eigenvalue weighted by molar-refractivity contribution is 5.87. The number of aromatic carboxylic acids is 1. The first kappa shape index (κ1) is 18.0. The van der Waals surface area contributed by atoms with E-state index >= 15 is 0 Å². The Morgan fingerprint density at radius 1 is 0.652 bits per heavy atom. The zero-order valence-electron chi connectivity index (χ0n) is 11.9. The van der Waals surface area contributed by atoms with Gasteiger partial charge in [0.25, 0.3) is 0 Å². The van der Waals surface area contributed by atoms with Gasteiger partial charge in [0.2, 0.25) is 0 Å². The molecule has 23 heavy (non-hydrogen) atoms. The van der Waals surface area contributed by atoms with Crippen LogP contribution in [0.25, 0.3) is 11.1 Å². The van der Waals surface area contributed by atoms with E-state index in [1.165, 1.54) is 5.56 Å². The van der Waals surface area contributed by atoms with Crippen LogP contribution in [0.2, 0.25) is 0 Å². The monoisotopic (exact) mass is 308 g/mol. The van der Waals surface area contributed by atoms with Crippen LogP contribution in [0, 0.1) is 0 Å². The van der Waals surface area contributed by atoms with E-state index in [0.717, 1.165) is 5.56 Å². The van der Waals surface area contributed by atoms with Crippen LogP contribution in [0.1, 0.15) is 17.8 Å². The Bertz CT molecular complexity index is 705. The summed E-state index contributed by atoms with van der Waals surface area (Å²) in [5.74, 6) is -0.574. The first-order chi connectivity index (χ1) is 10.7. The lowest BCUT2D eigenvalue weighted by molar-refractivity contribution is 0.0697. The van der Waals surface area contributed by atoms with Gasteiger partial charge in [-0.1, -0.05) is 68.1 Å². The smallest absolute Gasteiger partial charge is 0.335 e. The number of carboxylic acids is 1. The standard InChI is InChI=1S/C12H10O.C7H6O2.CH4/c13-12-8-6-11(7-9-12)10-4-2-1-3-5-10;8-7(9)6-4-2-1-3-5-6;/h1-9,13H;1-5H,(H,8,9);1H4. The Morgan fingerprint density at radius 2 is 1.09 bits per heavy atom. The van der Waals surface area contributed by atoms with E-state index < -0.39 is 5.97 Å². The van der Waals surface area contributed by atoms with E-state index in [9.17, 15) is 4.79 Å². The highest BCUT2D eigenvalue weighted by Crippen LogP contribution is 2.20. The molecule has 3 aromatic carbocycles. The summed E-state index contributed by atoms with van der Waals surface area (Å²) in [7, 11) is 0. The van der Waals surface area contributed by atoms with Crippen molar-refractivity contribution >= 4 is 5.97 Å². The molecule has 0 fully saturated rings. The number of carbonyl (C=O) groups is 1. The average Bonchev–Trinajstić information content (AvgIpc) is 2.58. The van der Waals surface area contributed by atoms with Crippen molar-refractivity contribution < 1.29 is 15.0 Å². The minimum Gasteiger partial charge on any atom is -0.508 e. The largest absolute Gasteiger partial charge is 0.508 e. The fourth-order valence-electron chi connectivity index (χ4n) is 1.87. The molecule has 0 bridgehead atoms. The first-order valence-corrected chi connectivity index (χ1v) is 6.79. The van der Waals surface area contributed by atoms with Crippen molar-refractivity contribution in [2.45, 2.75) is 7.43 Å². The van der Waals surface area contributed by atoms with Crippen LogP contribution in [0.5, 0.6) is 5.75 Å². The van der Waals surface area contributed by atoms with Crippen molar-refractivity contribution in [3.8, 4) is 16.9 Å². The van der Waals surface area contributed by atoms with E-state index in [0.29, 0.717) is 11.3 Å². The molecular formula is C20H20O3. The van der Waals surface area contributed by atoms with Crippen molar-refractivity contribution in [2.75, 3.05) is 0 Å². The molecule has 0 aliphatic carbocycles. The van der Waals surface area contributed by atoms with Crippen molar-refractivity contribution in [1.29, 1.82) is 0 Å². The van der Waals surface area contributed by atoms with Gasteiger partial charge >= 0.3 is 5.97 Å². The quantitative estimate of drug-likeness (QED) is 0.694. The van der Waals surface area contributed by atoms with Gasteiger partial charge in [-0.15, -0.1) is 0 Å². The van der Waals surface area contributed by atoms with Gasteiger partial charge in [-0.3, -0.25) is 0 Å². The topological polar surface area (TPSA) is 57.5 Å². The Morgan fingerprint density at radius 3 is 1.52 bits per heavy atom. The summed E-state index contributed by atoms with van der Waals surface area (Å²) < 4.78 is 0. The summed E-state index contributed by atoms with van der Waals surface area (Å²) in [5, 5.41) is 17.5. The molecule has 0 aliphatic rings. The Kier molecular flexibility index (Phi) is 7.08. The van der Waals surface area contributed by atoms with Gasteiger partial charge < -0.3 is 10.2 Å². The van der Waals surface area contributed by atoms with Crippen LogP contribution in [0.4, 0.5) is 0 Å². The molecule has 0 atom stereocenters.